The van der Waals surface area contributed by atoms with E-state index < -0.39 is 0 Å². The predicted molar refractivity (Wildman–Crippen MR) is 80.7 cm³/mol. The Hall–Kier alpha value is -2.15. The van der Waals surface area contributed by atoms with Crippen LogP contribution in [0.4, 0.5) is 0 Å². The molecule has 0 spiro atoms. The molecular formula is C15H20N4O3. The van der Waals surface area contributed by atoms with E-state index in [1.165, 1.54) is 17.7 Å². The molecule has 7 heteroatoms. The zero-order valence-corrected chi connectivity index (χ0v) is 12.8. The summed E-state index contributed by atoms with van der Waals surface area (Å²) in [5.74, 6) is -0.0561. The Labute approximate surface area is 127 Å². The zero-order chi connectivity index (χ0) is 15.7. The van der Waals surface area contributed by atoms with Crippen molar-refractivity contribution in [2.45, 2.75) is 32.2 Å². The molecule has 7 nitrogen and oxygen atoms in total. The van der Waals surface area contributed by atoms with E-state index in [9.17, 15) is 9.59 Å². The number of carbonyl (C=O) groups excluding carboxylic acids is 1. The van der Waals surface area contributed by atoms with Gasteiger partial charge in [0.1, 0.15) is 6.61 Å². The maximum Gasteiger partial charge on any atom is 0.272 e. The van der Waals surface area contributed by atoms with E-state index in [1.807, 2.05) is 13.0 Å². The first-order valence-corrected chi connectivity index (χ1v) is 7.48. The van der Waals surface area contributed by atoms with Crippen molar-refractivity contribution in [1.29, 1.82) is 0 Å². The highest BCUT2D eigenvalue weighted by atomic mass is 16.5. The molecule has 2 aromatic rings. The lowest BCUT2D eigenvalue weighted by Crippen LogP contribution is -2.41. The van der Waals surface area contributed by atoms with Crippen molar-refractivity contribution in [2.24, 2.45) is 0 Å². The summed E-state index contributed by atoms with van der Waals surface area (Å²) in [4.78, 5) is 30.8. The van der Waals surface area contributed by atoms with Crippen LogP contribution in [0.2, 0.25) is 0 Å². The van der Waals surface area contributed by atoms with Gasteiger partial charge in [-0.3, -0.25) is 14.7 Å². The lowest BCUT2D eigenvalue weighted by Gasteiger charge is -2.35. The number of piperidine rings is 1. The summed E-state index contributed by atoms with van der Waals surface area (Å²) < 4.78 is 6.38. The number of carbonyl (C=O) groups is 1. The van der Waals surface area contributed by atoms with E-state index in [0.29, 0.717) is 17.9 Å². The zero-order valence-electron chi connectivity index (χ0n) is 12.8. The molecule has 1 N–H and O–H groups in total. The number of fused-ring (bicyclic) bond motifs is 1. The number of nitrogens with zero attached hydrogens (tertiary/aromatic N) is 3. The minimum Gasteiger partial charge on any atom is -0.375 e. The van der Waals surface area contributed by atoms with Gasteiger partial charge in [-0.1, -0.05) is 0 Å². The average Bonchev–Trinajstić information content (AvgIpc) is 2.88. The van der Waals surface area contributed by atoms with Gasteiger partial charge in [-0.25, -0.2) is 9.50 Å². The van der Waals surface area contributed by atoms with Crippen molar-refractivity contribution in [1.82, 2.24) is 19.5 Å². The molecule has 1 aliphatic rings. The van der Waals surface area contributed by atoms with E-state index in [0.717, 1.165) is 25.0 Å². The van der Waals surface area contributed by atoms with Gasteiger partial charge in [-0.15, -0.1) is 0 Å². The van der Waals surface area contributed by atoms with Gasteiger partial charge in [0.25, 0.3) is 5.56 Å². The van der Waals surface area contributed by atoms with Crippen LogP contribution >= 0.6 is 0 Å². The fourth-order valence-corrected chi connectivity index (χ4v) is 3.04. The number of hydrogen-bond donors (Lipinski definition) is 1. The van der Waals surface area contributed by atoms with E-state index in [-0.39, 0.29) is 24.1 Å². The monoisotopic (exact) mass is 304 g/mol. The third kappa shape index (κ3) is 2.64. The normalized spacial score (nSPS) is 18.8. The van der Waals surface area contributed by atoms with Crippen LogP contribution in [0, 0.1) is 6.92 Å². The molecule has 1 amide bonds. The number of hydrogen-bond acceptors (Lipinski definition) is 4. The van der Waals surface area contributed by atoms with Crippen molar-refractivity contribution in [3.8, 4) is 0 Å². The molecule has 0 unspecified atom stereocenters. The summed E-state index contributed by atoms with van der Waals surface area (Å²) in [7, 11) is 1.51. The van der Waals surface area contributed by atoms with Gasteiger partial charge in [0, 0.05) is 31.5 Å². The minimum atomic E-state index is -0.155. The first-order chi connectivity index (χ1) is 10.6. The fourth-order valence-electron chi connectivity index (χ4n) is 3.04. The summed E-state index contributed by atoms with van der Waals surface area (Å²) in [6.07, 6.45) is 2.81. The standard InChI is InChI=1S/C15H20N4O3/c1-10-7-13-16-11(8-14(20)19(13)17-10)12-5-3-4-6-18(12)15(21)9-22-2/h7-8,12,17H,3-6,9H2,1-2H3/t12-/m0/s1. The highest BCUT2D eigenvalue weighted by molar-refractivity contribution is 5.78. The van der Waals surface area contributed by atoms with Gasteiger partial charge in [0.2, 0.25) is 5.91 Å². The number of amides is 1. The van der Waals surface area contributed by atoms with Crippen LogP contribution in [-0.2, 0) is 9.53 Å². The summed E-state index contributed by atoms with van der Waals surface area (Å²) in [5.41, 5.74) is 1.97. The maximum atomic E-state index is 12.2. The summed E-state index contributed by atoms with van der Waals surface area (Å²) in [5, 5.41) is 2.95. The van der Waals surface area contributed by atoms with Crippen molar-refractivity contribution < 1.29 is 9.53 Å². The number of nitrogens with one attached hydrogen (secondary N) is 1. The average molecular weight is 304 g/mol. The summed E-state index contributed by atoms with van der Waals surface area (Å²) in [6.45, 7) is 2.61. The van der Waals surface area contributed by atoms with Gasteiger partial charge in [-0.05, 0) is 26.2 Å². The summed E-state index contributed by atoms with van der Waals surface area (Å²) in [6, 6.07) is 3.20. The lowest BCUT2D eigenvalue weighted by molar-refractivity contribution is -0.139. The van der Waals surface area contributed by atoms with Crippen LogP contribution in [0.1, 0.15) is 36.7 Å². The van der Waals surface area contributed by atoms with Crippen LogP contribution in [0.5, 0.6) is 0 Å². The molecule has 118 valence electrons. The molecule has 0 aliphatic carbocycles. The fraction of sp³-hybridized carbons (Fsp3) is 0.533. The smallest absolute Gasteiger partial charge is 0.272 e. The van der Waals surface area contributed by atoms with Gasteiger partial charge < -0.3 is 9.64 Å². The van der Waals surface area contributed by atoms with Crippen LogP contribution in [0.25, 0.3) is 5.65 Å². The third-order valence-corrected chi connectivity index (χ3v) is 4.03. The number of aromatic amines is 1. The third-order valence-electron chi connectivity index (χ3n) is 4.03. The number of aryl methyl sites for hydroxylation is 1. The van der Waals surface area contributed by atoms with Gasteiger partial charge in [0.05, 0.1) is 11.7 Å². The van der Waals surface area contributed by atoms with Gasteiger partial charge in [-0.2, -0.15) is 0 Å². The molecule has 1 fully saturated rings. The number of likely N-dealkylation sites (tertiary alicyclic amines) is 1. The first kappa shape index (κ1) is 14.8. The number of H-pyrrole nitrogens is 1. The van der Waals surface area contributed by atoms with E-state index >= 15 is 0 Å². The first-order valence-electron chi connectivity index (χ1n) is 7.48. The minimum absolute atomic E-state index is 0.0561. The highest BCUT2D eigenvalue weighted by Crippen LogP contribution is 2.29. The van der Waals surface area contributed by atoms with E-state index in [1.54, 1.807) is 4.90 Å². The van der Waals surface area contributed by atoms with E-state index in [2.05, 4.69) is 10.1 Å². The molecule has 1 saturated heterocycles. The number of ether oxygens (including phenoxy) is 1. The molecular weight excluding hydrogens is 284 g/mol. The Morgan fingerprint density at radius 2 is 2.27 bits per heavy atom. The topological polar surface area (TPSA) is 79.7 Å². The largest absolute Gasteiger partial charge is 0.375 e. The van der Waals surface area contributed by atoms with Crippen LogP contribution < -0.4 is 5.56 Å². The molecule has 0 radical (unpaired) electrons. The Kier molecular flexibility index (Phi) is 3.98. The molecule has 0 saturated carbocycles. The molecule has 0 aromatic carbocycles. The quantitative estimate of drug-likeness (QED) is 0.918. The van der Waals surface area contributed by atoms with Crippen molar-refractivity contribution in [3.63, 3.8) is 0 Å². The predicted octanol–water partition coefficient (Wildman–Crippen LogP) is 1.03. The Bertz CT molecular complexity index is 749. The van der Waals surface area contributed by atoms with E-state index in [4.69, 9.17) is 4.74 Å². The van der Waals surface area contributed by atoms with Gasteiger partial charge >= 0.3 is 0 Å². The van der Waals surface area contributed by atoms with Gasteiger partial charge in [0.15, 0.2) is 5.65 Å². The second-order valence-electron chi connectivity index (χ2n) is 5.68. The lowest BCUT2D eigenvalue weighted by atomic mass is 9.99. The van der Waals surface area contributed by atoms with Crippen LogP contribution in [0.15, 0.2) is 16.9 Å². The second-order valence-corrected chi connectivity index (χ2v) is 5.68. The molecule has 1 atom stereocenters. The number of rotatable bonds is 3. The van der Waals surface area contributed by atoms with Crippen LogP contribution in [-0.4, -0.2) is 45.7 Å². The maximum absolute atomic E-state index is 12.2. The molecule has 3 heterocycles. The molecule has 2 aromatic heterocycles. The second kappa shape index (κ2) is 5.92. The van der Waals surface area contributed by atoms with Crippen molar-refractivity contribution >= 4 is 11.6 Å². The summed E-state index contributed by atoms with van der Waals surface area (Å²) >= 11 is 0. The highest BCUT2D eigenvalue weighted by Gasteiger charge is 2.29. The Balaban J connectivity index is 2.00. The molecule has 22 heavy (non-hydrogen) atoms. The SMILES string of the molecule is COCC(=O)N1CCCC[C@H]1c1cc(=O)n2[nH]c(C)cc2n1. The molecule has 1 aliphatic heterocycles. The van der Waals surface area contributed by atoms with Crippen molar-refractivity contribution in [2.75, 3.05) is 20.3 Å². The Morgan fingerprint density at radius 3 is 3.05 bits per heavy atom. The molecule has 0 bridgehead atoms. The number of methoxy groups -OCH3 is 1. The molecule has 3 rings (SSSR count). The number of aromatic nitrogens is 3. The van der Waals surface area contributed by atoms with Crippen LogP contribution in [0.3, 0.4) is 0 Å². The van der Waals surface area contributed by atoms with Crippen molar-refractivity contribution in [3.05, 3.63) is 33.9 Å². The Morgan fingerprint density at radius 1 is 1.45 bits per heavy atom.